The number of nitrogens with zero attached hydrogens (tertiary/aromatic N) is 5. The third-order valence-corrected chi connectivity index (χ3v) is 5.15. The van der Waals surface area contributed by atoms with Gasteiger partial charge < -0.3 is 21.5 Å². The first-order chi connectivity index (χ1) is 14.1. The number of hydrogen-bond donors (Lipinski definition) is 3. The SMILES string of the molecule is Nc1nc(N)c2nc(CN3c4ccc(O)cc4C=CC4=CC=CC[C@@H]43)cnc2n1. The third kappa shape index (κ3) is 3.04. The van der Waals surface area contributed by atoms with Gasteiger partial charge >= 0.3 is 0 Å². The van der Waals surface area contributed by atoms with Gasteiger partial charge in [-0.1, -0.05) is 30.4 Å². The van der Waals surface area contributed by atoms with Gasteiger partial charge in [-0.2, -0.15) is 9.97 Å². The lowest BCUT2D eigenvalue weighted by Gasteiger charge is -2.34. The number of benzene rings is 1. The Morgan fingerprint density at radius 1 is 1.14 bits per heavy atom. The Kier molecular flexibility index (Phi) is 3.90. The van der Waals surface area contributed by atoms with Crippen molar-refractivity contribution in [3.05, 3.63) is 65.5 Å². The van der Waals surface area contributed by atoms with Crippen molar-refractivity contribution >= 4 is 34.7 Å². The monoisotopic (exact) mass is 385 g/mol. The summed E-state index contributed by atoms with van der Waals surface area (Å²) in [6.45, 7) is 0.516. The lowest BCUT2D eigenvalue weighted by atomic mass is 9.97. The Labute approximate surface area is 166 Å². The second-order valence-corrected chi connectivity index (χ2v) is 7.05. The van der Waals surface area contributed by atoms with E-state index in [9.17, 15) is 5.11 Å². The van der Waals surface area contributed by atoms with Crippen molar-refractivity contribution in [2.75, 3.05) is 16.4 Å². The van der Waals surface area contributed by atoms with E-state index < -0.39 is 0 Å². The number of fused-ring (bicyclic) bond motifs is 3. The molecule has 0 spiro atoms. The highest BCUT2D eigenvalue weighted by atomic mass is 16.3. The lowest BCUT2D eigenvalue weighted by molar-refractivity contribution is 0.475. The van der Waals surface area contributed by atoms with E-state index in [1.165, 1.54) is 5.57 Å². The summed E-state index contributed by atoms with van der Waals surface area (Å²) in [6.07, 6.45) is 13.0. The Hall–Kier alpha value is -3.94. The van der Waals surface area contributed by atoms with Gasteiger partial charge in [0.25, 0.3) is 0 Å². The van der Waals surface area contributed by atoms with Crippen LogP contribution in [0.15, 0.2) is 54.3 Å². The summed E-state index contributed by atoms with van der Waals surface area (Å²) in [5.41, 5.74) is 16.4. The van der Waals surface area contributed by atoms with Crippen molar-refractivity contribution in [2.24, 2.45) is 0 Å². The molecule has 1 atom stereocenters. The number of aromatic hydroxyl groups is 1. The van der Waals surface area contributed by atoms with Crippen molar-refractivity contribution < 1.29 is 5.11 Å². The van der Waals surface area contributed by atoms with Gasteiger partial charge in [-0.3, -0.25) is 0 Å². The molecule has 1 aliphatic carbocycles. The van der Waals surface area contributed by atoms with Crippen LogP contribution in [-0.4, -0.2) is 31.1 Å². The van der Waals surface area contributed by atoms with E-state index in [2.05, 4.69) is 49.1 Å². The number of aromatic nitrogens is 4. The second kappa shape index (κ2) is 6.59. The zero-order valence-electron chi connectivity index (χ0n) is 15.5. The first kappa shape index (κ1) is 17.2. The minimum atomic E-state index is 0.0770. The lowest BCUT2D eigenvalue weighted by Crippen LogP contribution is -2.36. The van der Waals surface area contributed by atoms with Crippen LogP contribution in [0.5, 0.6) is 5.75 Å². The van der Waals surface area contributed by atoms with Gasteiger partial charge in [-0.15, -0.1) is 0 Å². The summed E-state index contributed by atoms with van der Waals surface area (Å²) in [5, 5.41) is 9.95. The predicted octanol–water partition coefficient (Wildman–Crippen LogP) is 2.58. The van der Waals surface area contributed by atoms with E-state index in [0.717, 1.165) is 23.4 Å². The molecule has 0 unspecified atom stereocenters. The summed E-state index contributed by atoms with van der Waals surface area (Å²) < 4.78 is 0. The number of hydrogen-bond acceptors (Lipinski definition) is 8. The van der Waals surface area contributed by atoms with Crippen LogP contribution in [0.4, 0.5) is 17.5 Å². The Bertz CT molecular complexity index is 1220. The van der Waals surface area contributed by atoms with Crippen LogP contribution in [0, 0.1) is 0 Å². The highest BCUT2D eigenvalue weighted by molar-refractivity contribution is 5.82. The molecule has 0 bridgehead atoms. The molecule has 1 aliphatic heterocycles. The van der Waals surface area contributed by atoms with E-state index >= 15 is 0 Å². The van der Waals surface area contributed by atoms with Crippen LogP contribution in [0.25, 0.3) is 17.2 Å². The molecule has 144 valence electrons. The molecule has 0 amide bonds. The second-order valence-electron chi connectivity index (χ2n) is 7.05. The highest BCUT2D eigenvalue weighted by Crippen LogP contribution is 2.36. The van der Waals surface area contributed by atoms with Crippen LogP contribution in [-0.2, 0) is 6.54 Å². The minimum absolute atomic E-state index is 0.0770. The molecule has 8 nitrogen and oxygen atoms in total. The summed E-state index contributed by atoms with van der Waals surface area (Å²) in [5.74, 6) is 0.525. The molecule has 2 aromatic heterocycles. The van der Waals surface area contributed by atoms with E-state index in [1.807, 2.05) is 12.1 Å². The molecule has 0 radical (unpaired) electrons. The van der Waals surface area contributed by atoms with Gasteiger partial charge in [0.1, 0.15) is 5.75 Å². The van der Waals surface area contributed by atoms with Crippen molar-refractivity contribution in [1.82, 2.24) is 19.9 Å². The van der Waals surface area contributed by atoms with Crippen LogP contribution in [0.1, 0.15) is 17.7 Å². The number of allylic oxidation sites excluding steroid dienone is 2. The average Bonchev–Trinajstić information content (AvgIpc) is 2.85. The van der Waals surface area contributed by atoms with E-state index in [0.29, 0.717) is 17.7 Å². The van der Waals surface area contributed by atoms with E-state index in [4.69, 9.17) is 11.5 Å². The van der Waals surface area contributed by atoms with Crippen LogP contribution >= 0.6 is 0 Å². The zero-order valence-corrected chi connectivity index (χ0v) is 15.5. The molecular weight excluding hydrogens is 366 g/mol. The largest absolute Gasteiger partial charge is 0.508 e. The normalized spacial score (nSPS) is 17.6. The third-order valence-electron chi connectivity index (χ3n) is 5.15. The molecule has 8 heteroatoms. The van der Waals surface area contributed by atoms with Crippen molar-refractivity contribution in [3.8, 4) is 5.75 Å². The number of phenols is 1. The first-order valence-corrected chi connectivity index (χ1v) is 9.27. The summed E-state index contributed by atoms with van der Waals surface area (Å²) in [7, 11) is 0. The van der Waals surface area contributed by atoms with Gasteiger partial charge in [0.2, 0.25) is 5.95 Å². The van der Waals surface area contributed by atoms with Gasteiger partial charge in [0.05, 0.1) is 24.5 Å². The number of rotatable bonds is 2. The zero-order chi connectivity index (χ0) is 20.0. The molecule has 1 aromatic carbocycles. The smallest absolute Gasteiger partial charge is 0.224 e. The van der Waals surface area contributed by atoms with Crippen molar-refractivity contribution in [2.45, 2.75) is 19.0 Å². The Morgan fingerprint density at radius 3 is 2.93 bits per heavy atom. The summed E-state index contributed by atoms with van der Waals surface area (Å²) in [4.78, 5) is 19.4. The molecule has 29 heavy (non-hydrogen) atoms. The maximum Gasteiger partial charge on any atom is 0.224 e. The quantitative estimate of drug-likeness (QED) is 0.614. The van der Waals surface area contributed by atoms with Crippen molar-refractivity contribution in [3.63, 3.8) is 0 Å². The van der Waals surface area contributed by atoms with Crippen LogP contribution in [0.2, 0.25) is 0 Å². The Balaban J connectivity index is 1.60. The molecular formula is C21H19N7O. The molecule has 3 heterocycles. The Morgan fingerprint density at radius 2 is 2.03 bits per heavy atom. The fourth-order valence-electron chi connectivity index (χ4n) is 3.83. The molecule has 5 N–H and O–H groups in total. The molecule has 0 fully saturated rings. The highest BCUT2D eigenvalue weighted by Gasteiger charge is 2.27. The van der Waals surface area contributed by atoms with E-state index in [-0.39, 0.29) is 23.6 Å². The maximum atomic E-state index is 9.95. The number of nitrogen functional groups attached to an aromatic ring is 2. The summed E-state index contributed by atoms with van der Waals surface area (Å²) in [6, 6.07) is 5.56. The van der Waals surface area contributed by atoms with Crippen LogP contribution in [0.3, 0.4) is 0 Å². The van der Waals surface area contributed by atoms with E-state index in [1.54, 1.807) is 18.3 Å². The van der Waals surface area contributed by atoms with Crippen LogP contribution < -0.4 is 16.4 Å². The number of nitrogens with two attached hydrogens (primary N) is 2. The van der Waals surface area contributed by atoms with Crippen molar-refractivity contribution in [1.29, 1.82) is 0 Å². The first-order valence-electron chi connectivity index (χ1n) is 9.27. The molecule has 3 aromatic rings. The van der Waals surface area contributed by atoms with Gasteiger partial charge in [-0.25, -0.2) is 9.97 Å². The van der Waals surface area contributed by atoms with Gasteiger partial charge in [0, 0.05) is 11.3 Å². The standard InChI is InChI=1S/C21H19N7O/c22-19-18-20(27-21(23)26-19)24-10-14(25-18)11-28-16-4-2-1-3-12(16)5-6-13-9-15(29)7-8-17(13)28/h1-3,5-10,16,29H,4,11H2,(H4,22,23,24,26,27)/t16-/m0/s1. The minimum Gasteiger partial charge on any atom is -0.508 e. The molecule has 5 rings (SSSR count). The fourth-order valence-corrected chi connectivity index (χ4v) is 3.83. The average molecular weight is 385 g/mol. The predicted molar refractivity (Wildman–Crippen MR) is 113 cm³/mol. The van der Waals surface area contributed by atoms with Gasteiger partial charge in [0.15, 0.2) is 17.0 Å². The summed E-state index contributed by atoms with van der Waals surface area (Å²) >= 11 is 0. The fraction of sp³-hybridized carbons (Fsp3) is 0.143. The van der Waals surface area contributed by atoms with Gasteiger partial charge in [-0.05, 0) is 30.2 Å². The molecule has 2 aliphatic rings. The topological polar surface area (TPSA) is 127 Å². The molecule has 0 saturated carbocycles. The molecule has 0 saturated heterocycles. The number of anilines is 3. The number of phenolic OH excluding ortho intramolecular Hbond substituents is 1. The maximum absolute atomic E-state index is 9.95.